The van der Waals surface area contributed by atoms with Crippen LogP contribution in [0.25, 0.3) is 11.0 Å². The van der Waals surface area contributed by atoms with Gasteiger partial charge in [-0.1, -0.05) is 0 Å². The van der Waals surface area contributed by atoms with Gasteiger partial charge in [0, 0.05) is 17.6 Å². The molecule has 0 spiro atoms. The van der Waals surface area contributed by atoms with Crippen molar-refractivity contribution in [2.24, 2.45) is 5.73 Å². The first kappa shape index (κ1) is 13.4. The Labute approximate surface area is 110 Å². The average Bonchev–Trinajstić information content (AvgIpc) is 2.65. The Morgan fingerprint density at radius 2 is 2.00 bits per heavy atom. The summed E-state index contributed by atoms with van der Waals surface area (Å²) in [6, 6.07) is 5.21. The SMILES string of the molecule is CC(C)(N)CCC(=O)Nc1ccc2[nH]c(=O)[nH]c2c1. The quantitative estimate of drug-likeness (QED) is 0.667. The number of aromatic nitrogens is 2. The van der Waals surface area contributed by atoms with Gasteiger partial charge in [-0.2, -0.15) is 0 Å². The maximum atomic E-state index is 11.8. The van der Waals surface area contributed by atoms with E-state index in [0.717, 1.165) is 0 Å². The molecule has 6 nitrogen and oxygen atoms in total. The number of nitrogens with one attached hydrogen (secondary N) is 3. The molecular formula is C13H18N4O2. The summed E-state index contributed by atoms with van der Waals surface area (Å²) in [4.78, 5) is 28.2. The number of benzene rings is 1. The second-order valence-corrected chi connectivity index (χ2v) is 5.38. The predicted molar refractivity (Wildman–Crippen MR) is 75.0 cm³/mol. The fraction of sp³-hybridized carbons (Fsp3) is 0.385. The number of carbonyl (C=O) groups excluding carboxylic acids is 1. The highest BCUT2D eigenvalue weighted by atomic mass is 16.1. The fourth-order valence-corrected chi connectivity index (χ4v) is 1.77. The van der Waals surface area contributed by atoms with Gasteiger partial charge < -0.3 is 21.0 Å². The van der Waals surface area contributed by atoms with Crippen molar-refractivity contribution in [3.05, 3.63) is 28.7 Å². The topological polar surface area (TPSA) is 104 Å². The molecular weight excluding hydrogens is 244 g/mol. The molecule has 0 aliphatic carbocycles. The van der Waals surface area contributed by atoms with Crippen LogP contribution < -0.4 is 16.7 Å². The lowest BCUT2D eigenvalue weighted by atomic mass is 10.00. The van der Waals surface area contributed by atoms with Gasteiger partial charge in [0.1, 0.15) is 0 Å². The van der Waals surface area contributed by atoms with E-state index in [4.69, 9.17) is 5.73 Å². The zero-order valence-corrected chi connectivity index (χ0v) is 11.0. The van der Waals surface area contributed by atoms with Gasteiger partial charge in [-0.15, -0.1) is 0 Å². The largest absolute Gasteiger partial charge is 0.326 e. The summed E-state index contributed by atoms with van der Waals surface area (Å²) in [6.07, 6.45) is 0.979. The van der Waals surface area contributed by atoms with E-state index in [0.29, 0.717) is 29.6 Å². The molecule has 1 heterocycles. The summed E-state index contributed by atoms with van der Waals surface area (Å²) >= 11 is 0. The van der Waals surface area contributed by atoms with Gasteiger partial charge in [-0.05, 0) is 38.5 Å². The van der Waals surface area contributed by atoms with E-state index in [-0.39, 0.29) is 17.1 Å². The van der Waals surface area contributed by atoms with E-state index < -0.39 is 0 Å². The van der Waals surface area contributed by atoms with Crippen molar-refractivity contribution in [2.75, 3.05) is 5.32 Å². The molecule has 102 valence electrons. The monoisotopic (exact) mass is 262 g/mol. The summed E-state index contributed by atoms with van der Waals surface area (Å²) < 4.78 is 0. The highest BCUT2D eigenvalue weighted by molar-refractivity contribution is 5.92. The third kappa shape index (κ3) is 3.69. The molecule has 2 aromatic rings. The van der Waals surface area contributed by atoms with Crippen molar-refractivity contribution in [3.63, 3.8) is 0 Å². The van der Waals surface area contributed by atoms with Crippen LogP contribution in [0.3, 0.4) is 0 Å². The van der Waals surface area contributed by atoms with Gasteiger partial charge >= 0.3 is 5.69 Å². The maximum absolute atomic E-state index is 11.8. The number of anilines is 1. The molecule has 0 saturated carbocycles. The molecule has 0 saturated heterocycles. The van der Waals surface area contributed by atoms with E-state index in [2.05, 4.69) is 15.3 Å². The normalized spacial score (nSPS) is 11.7. The minimum atomic E-state index is -0.354. The lowest BCUT2D eigenvalue weighted by Crippen LogP contribution is -2.33. The number of hydrogen-bond acceptors (Lipinski definition) is 3. The van der Waals surface area contributed by atoms with Crippen LogP contribution in [0.2, 0.25) is 0 Å². The Morgan fingerprint density at radius 1 is 1.32 bits per heavy atom. The summed E-state index contributed by atoms with van der Waals surface area (Å²) in [5, 5.41) is 2.79. The van der Waals surface area contributed by atoms with Crippen LogP contribution in [-0.2, 0) is 4.79 Å². The zero-order valence-electron chi connectivity index (χ0n) is 11.0. The molecule has 1 amide bonds. The molecule has 6 heteroatoms. The highest BCUT2D eigenvalue weighted by Crippen LogP contribution is 2.15. The Morgan fingerprint density at radius 3 is 2.68 bits per heavy atom. The maximum Gasteiger partial charge on any atom is 0.323 e. The predicted octanol–water partition coefficient (Wildman–Crippen LogP) is 1.31. The Kier molecular flexibility index (Phi) is 3.44. The third-order valence-electron chi connectivity index (χ3n) is 2.80. The molecule has 1 aromatic carbocycles. The number of nitrogens with two attached hydrogens (primary N) is 1. The van der Waals surface area contributed by atoms with Crippen LogP contribution >= 0.6 is 0 Å². The summed E-state index contributed by atoms with van der Waals surface area (Å²) in [7, 11) is 0. The molecule has 5 N–H and O–H groups in total. The van der Waals surface area contributed by atoms with Crippen LogP contribution in [0.5, 0.6) is 0 Å². The molecule has 0 unspecified atom stereocenters. The first-order valence-corrected chi connectivity index (χ1v) is 6.14. The molecule has 0 bridgehead atoms. The minimum absolute atomic E-state index is 0.0873. The molecule has 0 fully saturated rings. The standard InChI is InChI=1S/C13H18N4O2/c1-13(2,14)6-5-11(18)15-8-3-4-9-10(7-8)17-12(19)16-9/h3-4,7H,5-6,14H2,1-2H3,(H,15,18)(H2,16,17,19). The molecule has 1 aromatic heterocycles. The van der Waals surface area contributed by atoms with Gasteiger partial charge in [-0.3, -0.25) is 4.79 Å². The summed E-state index contributed by atoms with van der Waals surface area (Å²) in [5.41, 5.74) is 7.25. The van der Waals surface area contributed by atoms with Crippen molar-refractivity contribution < 1.29 is 4.79 Å². The number of fused-ring (bicyclic) bond motifs is 1. The molecule has 19 heavy (non-hydrogen) atoms. The summed E-state index contributed by atoms with van der Waals surface area (Å²) in [5.74, 6) is -0.0873. The average molecular weight is 262 g/mol. The van der Waals surface area contributed by atoms with Crippen molar-refractivity contribution >= 4 is 22.6 Å². The van der Waals surface area contributed by atoms with Gasteiger partial charge in [-0.25, -0.2) is 4.79 Å². The van der Waals surface area contributed by atoms with Gasteiger partial charge in [0.2, 0.25) is 5.91 Å². The zero-order chi connectivity index (χ0) is 14.0. The van der Waals surface area contributed by atoms with Crippen molar-refractivity contribution in [3.8, 4) is 0 Å². The van der Waals surface area contributed by atoms with Crippen LogP contribution in [0.15, 0.2) is 23.0 Å². The molecule has 0 atom stereocenters. The lowest BCUT2D eigenvalue weighted by molar-refractivity contribution is -0.116. The Balaban J connectivity index is 2.04. The number of aromatic amines is 2. The van der Waals surface area contributed by atoms with Crippen LogP contribution in [0.1, 0.15) is 26.7 Å². The Hall–Kier alpha value is -2.08. The Bertz CT molecular complexity index is 648. The highest BCUT2D eigenvalue weighted by Gasteiger charge is 2.13. The number of rotatable bonds is 4. The van der Waals surface area contributed by atoms with E-state index in [1.165, 1.54) is 0 Å². The smallest absolute Gasteiger partial charge is 0.323 e. The number of H-pyrrole nitrogens is 2. The van der Waals surface area contributed by atoms with Gasteiger partial charge in [0.15, 0.2) is 0 Å². The fourth-order valence-electron chi connectivity index (χ4n) is 1.77. The minimum Gasteiger partial charge on any atom is -0.326 e. The van der Waals surface area contributed by atoms with E-state index in [1.807, 2.05) is 13.8 Å². The third-order valence-corrected chi connectivity index (χ3v) is 2.80. The van der Waals surface area contributed by atoms with E-state index in [9.17, 15) is 9.59 Å². The summed E-state index contributed by atoms with van der Waals surface area (Å²) in [6.45, 7) is 3.77. The van der Waals surface area contributed by atoms with Crippen molar-refractivity contribution in [1.82, 2.24) is 9.97 Å². The second-order valence-electron chi connectivity index (χ2n) is 5.38. The van der Waals surface area contributed by atoms with Crippen LogP contribution in [-0.4, -0.2) is 21.4 Å². The van der Waals surface area contributed by atoms with E-state index >= 15 is 0 Å². The number of amides is 1. The van der Waals surface area contributed by atoms with Crippen molar-refractivity contribution in [2.45, 2.75) is 32.2 Å². The first-order valence-electron chi connectivity index (χ1n) is 6.14. The second kappa shape index (κ2) is 4.89. The molecule has 0 aliphatic heterocycles. The van der Waals surface area contributed by atoms with Gasteiger partial charge in [0.25, 0.3) is 0 Å². The van der Waals surface area contributed by atoms with Crippen LogP contribution in [0.4, 0.5) is 5.69 Å². The van der Waals surface area contributed by atoms with E-state index in [1.54, 1.807) is 18.2 Å². The molecule has 2 rings (SSSR count). The van der Waals surface area contributed by atoms with Crippen molar-refractivity contribution in [1.29, 1.82) is 0 Å². The lowest BCUT2D eigenvalue weighted by Gasteiger charge is -2.17. The number of imidazole rings is 1. The number of carbonyl (C=O) groups is 1. The molecule has 0 radical (unpaired) electrons. The van der Waals surface area contributed by atoms with Crippen LogP contribution in [0, 0.1) is 0 Å². The number of hydrogen-bond donors (Lipinski definition) is 4. The first-order chi connectivity index (χ1) is 8.83. The molecule has 0 aliphatic rings. The van der Waals surface area contributed by atoms with Gasteiger partial charge in [0.05, 0.1) is 11.0 Å².